The van der Waals surface area contributed by atoms with Crippen molar-refractivity contribution in [2.24, 2.45) is 0 Å². The maximum Gasteiger partial charge on any atom is 0.227 e. The molecule has 29 heavy (non-hydrogen) atoms. The van der Waals surface area contributed by atoms with E-state index in [1.165, 1.54) is 6.07 Å². The zero-order valence-corrected chi connectivity index (χ0v) is 17.0. The number of aryl methyl sites for hydroxylation is 1. The van der Waals surface area contributed by atoms with Gasteiger partial charge in [0.25, 0.3) is 0 Å². The van der Waals surface area contributed by atoms with Gasteiger partial charge in [0.2, 0.25) is 5.95 Å². The lowest BCUT2D eigenvalue weighted by Gasteiger charge is -2.37. The molecule has 4 rings (SSSR count). The van der Waals surface area contributed by atoms with Crippen LogP contribution in [0.1, 0.15) is 11.3 Å². The van der Waals surface area contributed by atoms with Gasteiger partial charge in [0.1, 0.15) is 23.3 Å². The maximum absolute atomic E-state index is 13.9. The second-order valence-corrected chi connectivity index (χ2v) is 7.68. The fourth-order valence-corrected chi connectivity index (χ4v) is 3.91. The van der Waals surface area contributed by atoms with Gasteiger partial charge in [-0.3, -0.25) is 0 Å². The third kappa shape index (κ3) is 4.10. The van der Waals surface area contributed by atoms with Crippen molar-refractivity contribution in [1.29, 1.82) is 5.26 Å². The first kappa shape index (κ1) is 19.4. The van der Waals surface area contributed by atoms with Gasteiger partial charge in [-0.05, 0) is 26.1 Å². The zero-order valence-electron chi connectivity index (χ0n) is 17.0. The minimum absolute atomic E-state index is 0.116. The molecule has 2 aliphatic heterocycles. The number of hydrogen-bond acceptors (Lipinski definition) is 7. The van der Waals surface area contributed by atoms with Crippen molar-refractivity contribution in [2.45, 2.75) is 6.92 Å². The number of rotatable bonds is 3. The molecule has 0 atom stereocenters. The van der Waals surface area contributed by atoms with Crippen molar-refractivity contribution in [1.82, 2.24) is 14.9 Å². The van der Waals surface area contributed by atoms with E-state index in [0.29, 0.717) is 18.8 Å². The van der Waals surface area contributed by atoms with Crippen molar-refractivity contribution in [3.05, 3.63) is 41.3 Å². The second kappa shape index (κ2) is 8.21. The van der Waals surface area contributed by atoms with Gasteiger partial charge in [-0.15, -0.1) is 0 Å². The quantitative estimate of drug-likeness (QED) is 0.786. The number of anilines is 3. The highest BCUT2D eigenvalue weighted by Crippen LogP contribution is 2.25. The molecule has 2 aliphatic rings. The maximum atomic E-state index is 13.9. The molecule has 0 saturated carbocycles. The molecule has 7 nitrogen and oxygen atoms in total. The summed E-state index contributed by atoms with van der Waals surface area (Å²) >= 11 is 0. The first-order valence-electron chi connectivity index (χ1n) is 10.0. The van der Waals surface area contributed by atoms with E-state index in [1.54, 1.807) is 6.07 Å². The van der Waals surface area contributed by atoms with Gasteiger partial charge < -0.3 is 19.6 Å². The molecule has 1 aromatic heterocycles. The van der Waals surface area contributed by atoms with Crippen LogP contribution >= 0.6 is 0 Å². The van der Waals surface area contributed by atoms with Gasteiger partial charge in [-0.1, -0.05) is 6.07 Å². The number of nitrogens with zero attached hydrogens (tertiary/aromatic N) is 7. The SMILES string of the molecule is Cc1cc(N2CCN(C)CC2)nc(N2CCN(c3cccc(F)c3C#N)CC2)n1. The summed E-state index contributed by atoms with van der Waals surface area (Å²) in [5, 5.41) is 9.31. The van der Waals surface area contributed by atoms with Crippen molar-refractivity contribution < 1.29 is 4.39 Å². The topological polar surface area (TPSA) is 62.5 Å². The molecule has 3 heterocycles. The summed E-state index contributed by atoms with van der Waals surface area (Å²) in [6.07, 6.45) is 0. The molecule has 0 aliphatic carbocycles. The number of nitriles is 1. The van der Waals surface area contributed by atoms with E-state index in [9.17, 15) is 9.65 Å². The van der Waals surface area contributed by atoms with E-state index < -0.39 is 5.82 Å². The van der Waals surface area contributed by atoms with Crippen LogP contribution in [0.15, 0.2) is 24.3 Å². The van der Waals surface area contributed by atoms with Crippen molar-refractivity contribution >= 4 is 17.5 Å². The normalized spacial score (nSPS) is 18.1. The highest BCUT2D eigenvalue weighted by Gasteiger charge is 2.24. The molecule has 0 spiro atoms. The van der Waals surface area contributed by atoms with Crippen LogP contribution in [0.2, 0.25) is 0 Å². The lowest BCUT2D eigenvalue weighted by atomic mass is 10.1. The van der Waals surface area contributed by atoms with Gasteiger partial charge in [0, 0.05) is 64.1 Å². The molecular weight excluding hydrogens is 369 g/mol. The fraction of sp³-hybridized carbons (Fsp3) is 0.476. The molecule has 8 heteroatoms. The molecule has 152 valence electrons. The Bertz CT molecular complexity index is 910. The number of hydrogen-bond donors (Lipinski definition) is 0. The summed E-state index contributed by atoms with van der Waals surface area (Å²) in [6.45, 7) is 8.86. The summed E-state index contributed by atoms with van der Waals surface area (Å²) in [5.41, 5.74) is 1.74. The minimum atomic E-state index is -0.466. The predicted molar refractivity (Wildman–Crippen MR) is 112 cm³/mol. The Morgan fingerprint density at radius 1 is 0.931 bits per heavy atom. The van der Waals surface area contributed by atoms with Crippen molar-refractivity contribution in [3.63, 3.8) is 0 Å². The van der Waals surface area contributed by atoms with Crippen LogP contribution in [0.3, 0.4) is 0 Å². The molecule has 2 fully saturated rings. The molecule has 2 aromatic rings. The first-order chi connectivity index (χ1) is 14.0. The number of halogens is 1. The molecule has 0 N–H and O–H groups in total. The lowest BCUT2D eigenvalue weighted by molar-refractivity contribution is 0.312. The fourth-order valence-electron chi connectivity index (χ4n) is 3.91. The Kier molecular flexibility index (Phi) is 5.49. The Hall–Kier alpha value is -2.92. The molecule has 2 saturated heterocycles. The number of aromatic nitrogens is 2. The Balaban J connectivity index is 1.48. The molecular formula is C21H26FN7. The Labute approximate surface area is 171 Å². The van der Waals surface area contributed by atoms with E-state index in [4.69, 9.17) is 4.98 Å². The molecule has 0 amide bonds. The third-order valence-electron chi connectivity index (χ3n) is 5.66. The average molecular weight is 395 g/mol. The van der Waals surface area contributed by atoms with Crippen LogP contribution in [-0.4, -0.2) is 74.3 Å². The Morgan fingerprint density at radius 2 is 1.59 bits per heavy atom. The molecule has 0 bridgehead atoms. The van der Waals surface area contributed by atoms with E-state index in [0.717, 1.165) is 56.7 Å². The second-order valence-electron chi connectivity index (χ2n) is 7.68. The van der Waals surface area contributed by atoms with Gasteiger partial charge in [0.15, 0.2) is 0 Å². The smallest absolute Gasteiger partial charge is 0.227 e. The molecule has 1 aromatic carbocycles. The number of likely N-dealkylation sites (N-methyl/N-ethyl adjacent to an activating group) is 1. The standard InChI is InChI=1S/C21H26FN7/c1-16-14-20(28-8-6-26(2)7-9-28)25-21(24-16)29-12-10-27(11-13-29)19-5-3-4-18(22)17(19)15-23/h3-5,14H,6-13H2,1-2H3. The highest BCUT2D eigenvalue weighted by atomic mass is 19.1. The van der Waals surface area contributed by atoms with E-state index >= 15 is 0 Å². The van der Waals surface area contributed by atoms with Crippen LogP contribution in [0.4, 0.5) is 21.8 Å². The number of benzene rings is 1. The summed E-state index contributed by atoms with van der Waals surface area (Å²) in [7, 11) is 2.14. The van der Waals surface area contributed by atoms with Crippen LogP contribution in [0.25, 0.3) is 0 Å². The van der Waals surface area contributed by atoms with Gasteiger partial charge in [-0.25, -0.2) is 9.37 Å². The summed E-state index contributed by atoms with van der Waals surface area (Å²) in [5.74, 6) is 1.27. The molecule has 0 radical (unpaired) electrons. The first-order valence-corrected chi connectivity index (χ1v) is 10.0. The Morgan fingerprint density at radius 3 is 2.28 bits per heavy atom. The highest BCUT2D eigenvalue weighted by molar-refractivity contribution is 5.60. The van der Waals surface area contributed by atoms with Gasteiger partial charge in [-0.2, -0.15) is 10.2 Å². The summed E-state index contributed by atoms with van der Waals surface area (Å²) < 4.78 is 13.9. The summed E-state index contributed by atoms with van der Waals surface area (Å²) in [6, 6.07) is 8.85. The predicted octanol–water partition coefficient (Wildman–Crippen LogP) is 1.87. The van der Waals surface area contributed by atoms with Crippen molar-refractivity contribution in [3.8, 4) is 6.07 Å². The van der Waals surface area contributed by atoms with Crippen LogP contribution < -0.4 is 14.7 Å². The summed E-state index contributed by atoms with van der Waals surface area (Å²) in [4.78, 5) is 18.4. The lowest BCUT2D eigenvalue weighted by Crippen LogP contribution is -2.48. The number of piperazine rings is 2. The van der Waals surface area contributed by atoms with E-state index in [-0.39, 0.29) is 5.56 Å². The van der Waals surface area contributed by atoms with Gasteiger partial charge >= 0.3 is 0 Å². The average Bonchev–Trinajstić information content (AvgIpc) is 2.74. The van der Waals surface area contributed by atoms with E-state index in [2.05, 4.69) is 37.7 Å². The minimum Gasteiger partial charge on any atom is -0.367 e. The third-order valence-corrected chi connectivity index (χ3v) is 5.66. The van der Waals surface area contributed by atoms with Crippen LogP contribution in [0, 0.1) is 24.1 Å². The zero-order chi connectivity index (χ0) is 20.4. The molecule has 0 unspecified atom stereocenters. The monoisotopic (exact) mass is 395 g/mol. The van der Waals surface area contributed by atoms with Crippen LogP contribution in [0.5, 0.6) is 0 Å². The van der Waals surface area contributed by atoms with Gasteiger partial charge in [0.05, 0.1) is 5.69 Å². The van der Waals surface area contributed by atoms with Crippen molar-refractivity contribution in [2.75, 3.05) is 74.1 Å². The van der Waals surface area contributed by atoms with E-state index in [1.807, 2.05) is 19.1 Å². The van der Waals surface area contributed by atoms with Crippen LogP contribution in [-0.2, 0) is 0 Å². The largest absolute Gasteiger partial charge is 0.367 e.